The van der Waals surface area contributed by atoms with Crippen LogP contribution in [0.5, 0.6) is 0 Å². The summed E-state index contributed by atoms with van der Waals surface area (Å²) in [6.07, 6.45) is 6.47. The molecule has 2 aliphatic rings. The van der Waals surface area contributed by atoms with Gasteiger partial charge in [-0.05, 0) is 32.8 Å². The molecule has 1 fully saturated rings. The van der Waals surface area contributed by atoms with E-state index in [1.807, 2.05) is 29.0 Å². The highest BCUT2D eigenvalue weighted by molar-refractivity contribution is 7.12. The van der Waals surface area contributed by atoms with E-state index in [-0.39, 0.29) is 17.6 Å². The van der Waals surface area contributed by atoms with E-state index in [2.05, 4.69) is 4.98 Å². The Bertz CT molecular complexity index is 1030. The second-order valence-electron chi connectivity index (χ2n) is 7.44. The Hall–Kier alpha value is -3.07. The molecular weight excluding hydrogens is 406 g/mol. The molecule has 3 heterocycles. The molecule has 2 atom stereocenters. The first-order chi connectivity index (χ1) is 14.4. The van der Waals surface area contributed by atoms with Crippen LogP contribution in [0.4, 0.5) is 0 Å². The number of rotatable bonds is 6. The zero-order valence-corrected chi connectivity index (χ0v) is 17.5. The van der Waals surface area contributed by atoms with Gasteiger partial charge in [-0.25, -0.2) is 4.98 Å². The van der Waals surface area contributed by atoms with Gasteiger partial charge in [0.1, 0.15) is 6.54 Å². The monoisotopic (exact) mass is 427 g/mol. The van der Waals surface area contributed by atoms with Crippen molar-refractivity contribution in [2.45, 2.75) is 26.7 Å². The quantitative estimate of drug-likeness (QED) is 0.303. The topological polar surface area (TPSA) is 98.6 Å². The predicted molar refractivity (Wildman–Crippen MR) is 108 cm³/mol. The number of aromatic nitrogens is 2. The largest absolute Gasteiger partial charge is 0.456 e. The number of Topliss-reactive ketones (excluding diaryl/α,β-unsaturated/α-hetero) is 1. The van der Waals surface area contributed by atoms with Gasteiger partial charge < -0.3 is 4.74 Å². The first-order valence-electron chi connectivity index (χ1n) is 9.66. The first-order valence-corrected chi connectivity index (χ1v) is 10.5. The Morgan fingerprint density at radius 1 is 1.17 bits per heavy atom. The van der Waals surface area contributed by atoms with Crippen LogP contribution in [0, 0.1) is 25.7 Å². The molecule has 2 amide bonds. The summed E-state index contributed by atoms with van der Waals surface area (Å²) < 4.78 is 6.96. The molecule has 1 aliphatic carbocycles. The molecule has 0 spiro atoms. The van der Waals surface area contributed by atoms with Gasteiger partial charge in [-0.2, -0.15) is 0 Å². The van der Waals surface area contributed by atoms with Gasteiger partial charge in [0.25, 0.3) is 0 Å². The third-order valence-electron chi connectivity index (χ3n) is 5.59. The minimum Gasteiger partial charge on any atom is -0.456 e. The fraction of sp³-hybridized carbons (Fsp3) is 0.381. The molecule has 156 valence electrons. The van der Waals surface area contributed by atoms with Crippen molar-refractivity contribution >= 4 is 34.9 Å². The molecule has 9 heteroatoms. The molecule has 2 unspecified atom stereocenters. The van der Waals surface area contributed by atoms with Crippen LogP contribution < -0.4 is 0 Å². The average molecular weight is 427 g/mol. The Balaban J connectivity index is 1.38. The number of imide groups is 1. The lowest BCUT2D eigenvalue weighted by Gasteiger charge is -2.14. The number of aryl methyl sites for hydroxylation is 1. The highest BCUT2D eigenvalue weighted by Gasteiger charge is 2.47. The summed E-state index contributed by atoms with van der Waals surface area (Å²) in [5, 5.41) is 2.60. The van der Waals surface area contributed by atoms with Gasteiger partial charge in [-0.15, -0.1) is 11.3 Å². The number of allylic oxidation sites excluding steroid dienone is 2. The first kappa shape index (κ1) is 20.2. The Morgan fingerprint density at radius 2 is 1.83 bits per heavy atom. The van der Waals surface area contributed by atoms with Crippen molar-refractivity contribution < 1.29 is 23.9 Å². The van der Waals surface area contributed by atoms with Crippen LogP contribution in [0.1, 0.15) is 34.6 Å². The third-order valence-corrected chi connectivity index (χ3v) is 6.35. The maximum atomic E-state index is 12.6. The lowest BCUT2D eigenvalue weighted by atomic mass is 9.85. The minimum atomic E-state index is -0.773. The van der Waals surface area contributed by atoms with Crippen molar-refractivity contribution in [1.29, 1.82) is 0 Å². The van der Waals surface area contributed by atoms with Gasteiger partial charge in [0.15, 0.2) is 11.7 Å². The molecule has 0 saturated carbocycles. The highest BCUT2D eigenvalue weighted by atomic mass is 32.1. The Labute approximate surface area is 177 Å². The van der Waals surface area contributed by atoms with Crippen LogP contribution >= 0.6 is 11.3 Å². The van der Waals surface area contributed by atoms with Crippen molar-refractivity contribution in [2.24, 2.45) is 11.8 Å². The van der Waals surface area contributed by atoms with Gasteiger partial charge in [0, 0.05) is 28.5 Å². The summed E-state index contributed by atoms with van der Waals surface area (Å²) in [6.45, 7) is 2.76. The van der Waals surface area contributed by atoms with Crippen molar-refractivity contribution in [1.82, 2.24) is 14.5 Å². The van der Waals surface area contributed by atoms with Gasteiger partial charge in [0.05, 0.1) is 11.8 Å². The summed E-state index contributed by atoms with van der Waals surface area (Å²) in [6, 6.07) is 1.73. The molecule has 1 aliphatic heterocycles. The predicted octanol–water partition coefficient (Wildman–Crippen LogP) is 2.23. The van der Waals surface area contributed by atoms with E-state index in [1.165, 1.54) is 11.3 Å². The van der Waals surface area contributed by atoms with E-state index in [9.17, 15) is 19.2 Å². The molecule has 0 aromatic carbocycles. The van der Waals surface area contributed by atoms with E-state index in [0.717, 1.165) is 15.7 Å². The zero-order chi connectivity index (χ0) is 21.4. The van der Waals surface area contributed by atoms with Gasteiger partial charge in [0.2, 0.25) is 17.6 Å². The number of likely N-dealkylation sites (tertiary alicyclic amines) is 1. The second kappa shape index (κ2) is 7.98. The molecule has 0 N–H and O–H groups in total. The van der Waals surface area contributed by atoms with E-state index in [0.29, 0.717) is 24.1 Å². The maximum absolute atomic E-state index is 12.6. The molecule has 0 radical (unpaired) electrons. The number of nitrogens with zero attached hydrogens (tertiary/aromatic N) is 3. The second-order valence-corrected chi connectivity index (χ2v) is 8.31. The van der Waals surface area contributed by atoms with Crippen molar-refractivity contribution in [3.8, 4) is 5.13 Å². The highest BCUT2D eigenvalue weighted by Crippen LogP contribution is 2.34. The lowest BCUT2D eigenvalue weighted by Crippen LogP contribution is -2.37. The van der Waals surface area contributed by atoms with Crippen molar-refractivity contribution in [3.05, 3.63) is 46.7 Å². The maximum Gasteiger partial charge on any atom is 0.326 e. The van der Waals surface area contributed by atoms with Crippen LogP contribution in [-0.4, -0.2) is 51.2 Å². The number of carbonyl (C=O) groups is 4. The van der Waals surface area contributed by atoms with Crippen molar-refractivity contribution in [3.63, 3.8) is 0 Å². The molecule has 8 nitrogen and oxygen atoms in total. The lowest BCUT2D eigenvalue weighted by molar-refractivity contribution is -0.152. The molecule has 4 rings (SSSR count). The summed E-state index contributed by atoms with van der Waals surface area (Å²) in [4.78, 5) is 54.9. The average Bonchev–Trinajstić information content (AvgIpc) is 3.41. The molecule has 30 heavy (non-hydrogen) atoms. The van der Waals surface area contributed by atoms with E-state index >= 15 is 0 Å². The number of ketones is 1. The fourth-order valence-corrected chi connectivity index (χ4v) is 4.84. The van der Waals surface area contributed by atoms with Crippen LogP contribution in [0.2, 0.25) is 0 Å². The van der Waals surface area contributed by atoms with E-state index < -0.39 is 31.0 Å². The fourth-order valence-electron chi connectivity index (χ4n) is 4.09. The van der Waals surface area contributed by atoms with Gasteiger partial charge >= 0.3 is 5.97 Å². The SMILES string of the molecule is Cc1cc(C(=O)COC(=O)CN2C(=O)C3CC=CCC3C2=O)c(C)n1-c1nccs1. The third kappa shape index (κ3) is 3.49. The number of fused-ring (bicyclic) bond motifs is 1. The number of ether oxygens (including phenoxy) is 1. The standard InChI is InChI=1S/C21H21N3O5S/c1-12-9-16(13(2)24(12)21-22-7-8-30-21)17(25)11-29-18(26)10-23-19(27)14-5-3-4-6-15(14)20(23)28/h3-4,7-9,14-15H,5-6,10-11H2,1-2H3. The smallest absolute Gasteiger partial charge is 0.326 e. The normalized spacial score (nSPS) is 20.5. The van der Waals surface area contributed by atoms with Crippen molar-refractivity contribution in [2.75, 3.05) is 13.2 Å². The number of thiazole rings is 1. The summed E-state index contributed by atoms with van der Waals surface area (Å²) >= 11 is 1.46. The van der Waals surface area contributed by atoms with Crippen LogP contribution in [0.15, 0.2) is 29.8 Å². The number of hydrogen-bond acceptors (Lipinski definition) is 7. The number of hydrogen-bond donors (Lipinski definition) is 0. The molecule has 1 saturated heterocycles. The Morgan fingerprint density at radius 3 is 2.43 bits per heavy atom. The van der Waals surface area contributed by atoms with E-state index in [4.69, 9.17) is 4.74 Å². The molecule has 2 aromatic heterocycles. The van der Waals surface area contributed by atoms with Gasteiger partial charge in [-0.1, -0.05) is 12.2 Å². The zero-order valence-electron chi connectivity index (χ0n) is 16.7. The minimum absolute atomic E-state index is 0.343. The molecule has 0 bridgehead atoms. The Kier molecular flexibility index (Phi) is 5.38. The van der Waals surface area contributed by atoms with E-state index in [1.54, 1.807) is 19.2 Å². The van der Waals surface area contributed by atoms with Crippen LogP contribution in [0.3, 0.4) is 0 Å². The van der Waals surface area contributed by atoms with Crippen LogP contribution in [-0.2, 0) is 19.1 Å². The molecular formula is C21H21N3O5S. The number of carbonyl (C=O) groups excluding carboxylic acids is 4. The summed E-state index contributed by atoms with van der Waals surface area (Å²) in [5.41, 5.74) is 2.01. The number of esters is 1. The summed E-state index contributed by atoms with van der Waals surface area (Å²) in [7, 11) is 0. The van der Waals surface area contributed by atoms with Crippen LogP contribution in [0.25, 0.3) is 5.13 Å². The summed E-state index contributed by atoms with van der Waals surface area (Å²) in [5.74, 6) is -2.60. The number of amides is 2. The van der Waals surface area contributed by atoms with Gasteiger partial charge in [-0.3, -0.25) is 28.6 Å². The molecule has 2 aromatic rings.